The Morgan fingerprint density at radius 3 is 2.78 bits per heavy atom. The molecule has 0 bridgehead atoms. The highest BCUT2D eigenvalue weighted by Gasteiger charge is 2.15. The first-order valence-corrected chi connectivity index (χ1v) is 6.49. The minimum absolute atomic E-state index is 0.183. The fraction of sp³-hybridized carbons (Fsp3) is 0.571. The molecule has 0 spiro atoms. The summed E-state index contributed by atoms with van der Waals surface area (Å²) < 4.78 is 16.8. The van der Waals surface area contributed by atoms with Crippen LogP contribution in [0.4, 0.5) is 0 Å². The summed E-state index contributed by atoms with van der Waals surface area (Å²) in [5.41, 5.74) is 1.16. The van der Waals surface area contributed by atoms with Gasteiger partial charge in [0, 0.05) is 13.0 Å². The summed E-state index contributed by atoms with van der Waals surface area (Å²) in [7, 11) is 1.94. The number of fused-ring (bicyclic) bond motifs is 1. The number of hydrogen-bond donors (Lipinski definition) is 1. The van der Waals surface area contributed by atoms with Crippen molar-refractivity contribution >= 4 is 0 Å². The van der Waals surface area contributed by atoms with Crippen molar-refractivity contribution in [3.05, 3.63) is 23.8 Å². The van der Waals surface area contributed by atoms with E-state index in [0.717, 1.165) is 36.7 Å². The summed E-state index contributed by atoms with van der Waals surface area (Å²) in [6.07, 6.45) is 0.929. The number of benzene rings is 1. The lowest BCUT2D eigenvalue weighted by Gasteiger charge is -2.18. The number of nitrogens with one attached hydrogen (secondary N) is 1. The van der Waals surface area contributed by atoms with E-state index in [9.17, 15) is 0 Å². The summed E-state index contributed by atoms with van der Waals surface area (Å²) in [6.45, 7) is 4.82. The van der Waals surface area contributed by atoms with Gasteiger partial charge in [0.1, 0.15) is 0 Å². The summed E-state index contributed by atoms with van der Waals surface area (Å²) in [6, 6.07) is 6.27. The third-order valence-corrected chi connectivity index (χ3v) is 3.01. The average molecular weight is 251 g/mol. The first kappa shape index (κ1) is 13.2. The first-order chi connectivity index (χ1) is 8.85. The van der Waals surface area contributed by atoms with Crippen LogP contribution in [-0.2, 0) is 4.74 Å². The molecule has 100 valence electrons. The molecular formula is C14H21NO3. The minimum Gasteiger partial charge on any atom is -0.490 e. The van der Waals surface area contributed by atoms with Crippen molar-refractivity contribution in [3.8, 4) is 11.5 Å². The first-order valence-electron chi connectivity index (χ1n) is 6.49. The Bertz CT molecular complexity index is 381. The number of rotatable bonds is 5. The molecule has 0 amide bonds. The van der Waals surface area contributed by atoms with E-state index in [0.29, 0.717) is 13.2 Å². The number of likely N-dealkylation sites (N-methyl/N-ethyl adjacent to an activating group) is 1. The van der Waals surface area contributed by atoms with Gasteiger partial charge in [-0.25, -0.2) is 0 Å². The van der Waals surface area contributed by atoms with Crippen molar-refractivity contribution in [1.29, 1.82) is 0 Å². The zero-order valence-corrected chi connectivity index (χ0v) is 11.1. The molecule has 2 rings (SSSR count). The molecule has 1 aromatic rings. The van der Waals surface area contributed by atoms with Crippen LogP contribution in [-0.4, -0.2) is 33.5 Å². The molecule has 0 saturated carbocycles. The van der Waals surface area contributed by atoms with Crippen LogP contribution in [0.3, 0.4) is 0 Å². The molecule has 18 heavy (non-hydrogen) atoms. The largest absolute Gasteiger partial charge is 0.490 e. The molecule has 1 aromatic carbocycles. The molecule has 1 N–H and O–H groups in total. The summed E-state index contributed by atoms with van der Waals surface area (Å²) in [5.74, 6) is 1.67. The van der Waals surface area contributed by atoms with Crippen LogP contribution in [0.1, 0.15) is 24.9 Å². The molecule has 0 saturated heterocycles. The van der Waals surface area contributed by atoms with Gasteiger partial charge in [0.05, 0.1) is 25.9 Å². The van der Waals surface area contributed by atoms with E-state index in [2.05, 4.69) is 11.4 Å². The van der Waals surface area contributed by atoms with Crippen LogP contribution in [0.25, 0.3) is 0 Å². The lowest BCUT2D eigenvalue weighted by atomic mass is 10.1. The van der Waals surface area contributed by atoms with Crippen LogP contribution in [0.15, 0.2) is 18.2 Å². The zero-order valence-electron chi connectivity index (χ0n) is 11.1. The third-order valence-electron chi connectivity index (χ3n) is 3.01. The van der Waals surface area contributed by atoms with Crippen molar-refractivity contribution in [3.63, 3.8) is 0 Å². The van der Waals surface area contributed by atoms with Gasteiger partial charge in [-0.1, -0.05) is 6.07 Å². The number of ether oxygens (including phenoxy) is 3. The van der Waals surface area contributed by atoms with Gasteiger partial charge in [-0.15, -0.1) is 0 Å². The Kier molecular flexibility index (Phi) is 4.84. The second-order valence-corrected chi connectivity index (χ2v) is 4.26. The van der Waals surface area contributed by atoms with E-state index in [1.165, 1.54) is 0 Å². The van der Waals surface area contributed by atoms with Gasteiger partial charge in [0.2, 0.25) is 0 Å². The maximum Gasteiger partial charge on any atom is 0.161 e. The summed E-state index contributed by atoms with van der Waals surface area (Å²) in [4.78, 5) is 0. The predicted octanol–water partition coefficient (Wildman–Crippen LogP) is 2.14. The van der Waals surface area contributed by atoms with Gasteiger partial charge in [-0.05, 0) is 31.7 Å². The van der Waals surface area contributed by atoms with E-state index >= 15 is 0 Å². The second-order valence-electron chi connectivity index (χ2n) is 4.26. The van der Waals surface area contributed by atoms with Crippen molar-refractivity contribution in [1.82, 2.24) is 5.32 Å². The molecule has 0 aromatic heterocycles. The van der Waals surface area contributed by atoms with Crippen LogP contribution < -0.4 is 14.8 Å². The molecule has 1 aliphatic rings. The molecule has 0 radical (unpaired) electrons. The molecule has 0 fully saturated rings. The third kappa shape index (κ3) is 3.15. The minimum atomic E-state index is 0.183. The maximum absolute atomic E-state index is 5.69. The zero-order chi connectivity index (χ0) is 12.8. The molecule has 1 heterocycles. The molecule has 4 nitrogen and oxygen atoms in total. The second kappa shape index (κ2) is 6.61. The van der Waals surface area contributed by atoms with E-state index in [-0.39, 0.29) is 6.04 Å². The summed E-state index contributed by atoms with van der Waals surface area (Å²) >= 11 is 0. The molecule has 1 aliphatic heterocycles. The van der Waals surface area contributed by atoms with Crippen LogP contribution in [0, 0.1) is 0 Å². The number of hydrogen-bond acceptors (Lipinski definition) is 4. The Morgan fingerprint density at radius 1 is 1.28 bits per heavy atom. The standard InChI is InChI=1S/C14H21NO3/c1-3-16-10-12(15-2)11-5-6-13-14(9-11)18-8-4-7-17-13/h5-6,9,12,15H,3-4,7-8,10H2,1-2H3. The highest BCUT2D eigenvalue weighted by atomic mass is 16.5. The lowest BCUT2D eigenvalue weighted by molar-refractivity contribution is 0.125. The van der Waals surface area contributed by atoms with Gasteiger partial charge < -0.3 is 19.5 Å². The van der Waals surface area contributed by atoms with Gasteiger partial charge in [0.15, 0.2) is 11.5 Å². The lowest BCUT2D eigenvalue weighted by Crippen LogP contribution is -2.21. The van der Waals surface area contributed by atoms with Crippen LogP contribution in [0.2, 0.25) is 0 Å². The molecule has 1 unspecified atom stereocenters. The van der Waals surface area contributed by atoms with E-state index < -0.39 is 0 Å². The van der Waals surface area contributed by atoms with Crippen LogP contribution in [0.5, 0.6) is 11.5 Å². The van der Waals surface area contributed by atoms with E-state index in [4.69, 9.17) is 14.2 Å². The van der Waals surface area contributed by atoms with Gasteiger partial charge >= 0.3 is 0 Å². The molecule has 0 aliphatic carbocycles. The Hall–Kier alpha value is -1.26. The highest BCUT2D eigenvalue weighted by molar-refractivity contribution is 5.44. The summed E-state index contributed by atoms with van der Waals surface area (Å²) in [5, 5.41) is 3.25. The SMILES string of the molecule is CCOCC(NC)c1ccc2c(c1)OCCCO2. The Labute approximate surface area is 108 Å². The fourth-order valence-electron chi connectivity index (χ4n) is 1.98. The highest BCUT2D eigenvalue weighted by Crippen LogP contribution is 2.32. The quantitative estimate of drug-likeness (QED) is 0.870. The van der Waals surface area contributed by atoms with Gasteiger partial charge in [-0.3, -0.25) is 0 Å². The van der Waals surface area contributed by atoms with E-state index in [1.54, 1.807) is 0 Å². The van der Waals surface area contributed by atoms with Crippen LogP contribution >= 0.6 is 0 Å². The van der Waals surface area contributed by atoms with Gasteiger partial charge in [-0.2, -0.15) is 0 Å². The molecule has 4 heteroatoms. The predicted molar refractivity (Wildman–Crippen MR) is 70.3 cm³/mol. The molecular weight excluding hydrogens is 230 g/mol. The average Bonchev–Trinajstić information content (AvgIpc) is 2.64. The monoisotopic (exact) mass is 251 g/mol. The smallest absolute Gasteiger partial charge is 0.161 e. The Morgan fingerprint density at radius 2 is 2.06 bits per heavy atom. The maximum atomic E-state index is 5.69. The van der Waals surface area contributed by atoms with Gasteiger partial charge in [0.25, 0.3) is 0 Å². The van der Waals surface area contributed by atoms with Crippen molar-refractivity contribution in [2.24, 2.45) is 0 Å². The van der Waals surface area contributed by atoms with Crippen molar-refractivity contribution in [2.45, 2.75) is 19.4 Å². The van der Waals surface area contributed by atoms with Crippen molar-refractivity contribution in [2.75, 3.05) is 33.5 Å². The Balaban J connectivity index is 2.15. The fourth-order valence-corrected chi connectivity index (χ4v) is 1.98. The molecule has 1 atom stereocenters. The van der Waals surface area contributed by atoms with E-state index in [1.807, 2.05) is 26.1 Å². The van der Waals surface area contributed by atoms with Crippen molar-refractivity contribution < 1.29 is 14.2 Å². The topological polar surface area (TPSA) is 39.7 Å². The normalized spacial score (nSPS) is 16.1.